The number of aliphatic carboxylic acids is 1. The fourth-order valence-electron chi connectivity index (χ4n) is 6.10. The Morgan fingerprint density at radius 3 is 2.58 bits per heavy atom. The Morgan fingerprint density at radius 1 is 1.05 bits per heavy atom. The number of carboxylic acid groups (broad SMARTS) is 1. The Morgan fingerprint density at radius 2 is 1.84 bits per heavy atom. The average molecular weight is 528 g/mol. The molecule has 5 rings (SSSR count). The summed E-state index contributed by atoms with van der Waals surface area (Å²) in [5.41, 5.74) is 3.05. The summed E-state index contributed by atoms with van der Waals surface area (Å²) < 4.78 is 17.8. The summed E-state index contributed by atoms with van der Waals surface area (Å²) in [4.78, 5) is 14.2. The van der Waals surface area contributed by atoms with E-state index in [0.29, 0.717) is 30.1 Å². The summed E-state index contributed by atoms with van der Waals surface area (Å²) in [6, 6.07) is 14.1. The zero-order valence-electron chi connectivity index (χ0n) is 21.6. The molecule has 206 valence electrons. The summed E-state index contributed by atoms with van der Waals surface area (Å²) in [6.45, 7) is 4.66. The van der Waals surface area contributed by atoms with Crippen LogP contribution in [-0.2, 0) is 29.0 Å². The molecule has 9 heteroatoms. The number of hydrogen-bond donors (Lipinski definition) is 4. The van der Waals surface area contributed by atoms with Crippen LogP contribution in [0.15, 0.2) is 42.5 Å². The van der Waals surface area contributed by atoms with Gasteiger partial charge in [-0.15, -0.1) is 0 Å². The predicted molar refractivity (Wildman–Crippen MR) is 138 cm³/mol. The van der Waals surface area contributed by atoms with Gasteiger partial charge in [-0.25, -0.2) is 4.79 Å². The molecule has 0 bridgehead atoms. The Kier molecular flexibility index (Phi) is 8.20. The number of aliphatic hydroxyl groups excluding tert-OH is 3. The Labute approximate surface area is 222 Å². The smallest absolute Gasteiger partial charge is 0.335 e. The molecule has 0 radical (unpaired) electrons. The van der Waals surface area contributed by atoms with E-state index in [0.717, 1.165) is 61.9 Å². The molecule has 3 aliphatic rings. The molecule has 0 saturated carbocycles. The van der Waals surface area contributed by atoms with Crippen LogP contribution in [-0.4, -0.2) is 81.1 Å². The van der Waals surface area contributed by atoms with Gasteiger partial charge >= 0.3 is 5.97 Å². The van der Waals surface area contributed by atoms with E-state index in [9.17, 15) is 25.2 Å². The first-order valence-corrected chi connectivity index (χ1v) is 13.5. The highest BCUT2D eigenvalue weighted by molar-refractivity contribution is 5.73. The highest BCUT2D eigenvalue weighted by Gasteiger charge is 2.49. The maximum Gasteiger partial charge on any atom is 0.335 e. The SMILES string of the molecule is CCCN1CCC[C@@H]2Cc3c(ccc(OCc4ccccc4)c3O[C@@H]3OC(C(=O)O)[C@@H](O)[C@H](O)[C@H]3O)C[C@H]21. The first-order chi connectivity index (χ1) is 18.4. The number of ether oxygens (including phenoxy) is 3. The van der Waals surface area contributed by atoms with Gasteiger partial charge in [0.25, 0.3) is 0 Å². The summed E-state index contributed by atoms with van der Waals surface area (Å²) in [6.07, 6.45) is -3.45. The molecule has 2 aromatic rings. The second-order valence-electron chi connectivity index (χ2n) is 10.6. The highest BCUT2D eigenvalue weighted by Crippen LogP contribution is 2.44. The van der Waals surface area contributed by atoms with Crippen LogP contribution in [0.3, 0.4) is 0 Å². The molecule has 2 saturated heterocycles. The van der Waals surface area contributed by atoms with Gasteiger partial charge in [-0.2, -0.15) is 0 Å². The number of hydrogen-bond acceptors (Lipinski definition) is 8. The van der Waals surface area contributed by atoms with E-state index in [1.54, 1.807) is 0 Å². The van der Waals surface area contributed by atoms with Crippen molar-refractivity contribution < 1.29 is 39.4 Å². The number of likely N-dealkylation sites (tertiary alicyclic amines) is 1. The molecule has 2 heterocycles. The Balaban J connectivity index is 1.48. The van der Waals surface area contributed by atoms with Crippen LogP contribution in [0.1, 0.15) is 42.9 Å². The molecule has 9 nitrogen and oxygen atoms in total. The summed E-state index contributed by atoms with van der Waals surface area (Å²) >= 11 is 0. The summed E-state index contributed by atoms with van der Waals surface area (Å²) in [5, 5.41) is 40.6. The quantitative estimate of drug-likeness (QED) is 0.408. The zero-order valence-corrected chi connectivity index (χ0v) is 21.6. The number of fused-ring (bicyclic) bond motifs is 2. The molecule has 2 fully saturated rings. The maximum atomic E-state index is 11.7. The minimum absolute atomic E-state index is 0.291. The van der Waals surface area contributed by atoms with Gasteiger partial charge in [0.2, 0.25) is 6.29 Å². The van der Waals surface area contributed by atoms with Crippen molar-refractivity contribution in [3.8, 4) is 11.5 Å². The van der Waals surface area contributed by atoms with Crippen molar-refractivity contribution in [3.63, 3.8) is 0 Å². The van der Waals surface area contributed by atoms with Crippen molar-refractivity contribution in [2.24, 2.45) is 5.92 Å². The number of rotatable bonds is 8. The van der Waals surface area contributed by atoms with Gasteiger partial charge in [0, 0.05) is 11.6 Å². The third-order valence-electron chi connectivity index (χ3n) is 8.05. The molecule has 7 atom stereocenters. The van der Waals surface area contributed by atoms with Crippen molar-refractivity contribution in [2.45, 2.75) is 82.4 Å². The van der Waals surface area contributed by atoms with Crippen molar-refractivity contribution in [1.82, 2.24) is 4.90 Å². The van der Waals surface area contributed by atoms with Gasteiger partial charge in [-0.05, 0) is 68.3 Å². The first kappa shape index (κ1) is 26.9. The molecular formula is C29H37NO8. The van der Waals surface area contributed by atoms with Gasteiger partial charge in [-0.1, -0.05) is 43.3 Å². The Hall–Kier alpha value is -2.69. The number of carboxylic acids is 1. The molecule has 38 heavy (non-hydrogen) atoms. The molecule has 0 amide bonds. The van der Waals surface area contributed by atoms with Crippen LogP contribution < -0.4 is 9.47 Å². The number of aliphatic hydroxyl groups is 3. The van der Waals surface area contributed by atoms with Gasteiger partial charge in [-0.3, -0.25) is 4.90 Å². The number of benzene rings is 2. The van der Waals surface area contributed by atoms with Crippen LogP contribution in [0.5, 0.6) is 11.5 Å². The molecule has 2 aliphatic heterocycles. The summed E-state index contributed by atoms with van der Waals surface area (Å²) in [5.74, 6) is -0.170. The largest absolute Gasteiger partial charge is 0.485 e. The lowest BCUT2D eigenvalue weighted by molar-refractivity contribution is -0.271. The lowest BCUT2D eigenvalue weighted by Gasteiger charge is -2.45. The fraction of sp³-hybridized carbons (Fsp3) is 0.552. The van der Waals surface area contributed by atoms with E-state index in [1.807, 2.05) is 36.4 Å². The predicted octanol–water partition coefficient (Wildman–Crippen LogP) is 2.13. The van der Waals surface area contributed by atoms with E-state index in [2.05, 4.69) is 17.9 Å². The molecule has 4 N–H and O–H groups in total. The number of nitrogens with zero attached hydrogens (tertiary/aromatic N) is 1. The highest BCUT2D eigenvalue weighted by atomic mass is 16.7. The van der Waals surface area contributed by atoms with Crippen LogP contribution in [0.4, 0.5) is 0 Å². The molecule has 0 spiro atoms. The van der Waals surface area contributed by atoms with E-state index in [1.165, 1.54) is 0 Å². The van der Waals surface area contributed by atoms with E-state index in [-0.39, 0.29) is 0 Å². The lowest BCUT2D eigenvalue weighted by Crippen LogP contribution is -2.61. The first-order valence-electron chi connectivity index (χ1n) is 13.5. The normalized spacial score (nSPS) is 31.2. The van der Waals surface area contributed by atoms with Crippen LogP contribution >= 0.6 is 0 Å². The second-order valence-corrected chi connectivity index (χ2v) is 10.6. The van der Waals surface area contributed by atoms with Crippen LogP contribution in [0.25, 0.3) is 0 Å². The molecular weight excluding hydrogens is 490 g/mol. The third kappa shape index (κ3) is 5.39. The van der Waals surface area contributed by atoms with Crippen LogP contribution in [0.2, 0.25) is 0 Å². The molecule has 1 unspecified atom stereocenters. The monoisotopic (exact) mass is 527 g/mol. The topological polar surface area (TPSA) is 129 Å². The van der Waals surface area contributed by atoms with Crippen molar-refractivity contribution in [2.75, 3.05) is 13.1 Å². The maximum absolute atomic E-state index is 11.7. The van der Waals surface area contributed by atoms with Crippen molar-refractivity contribution in [3.05, 3.63) is 59.2 Å². The second kappa shape index (κ2) is 11.6. The van der Waals surface area contributed by atoms with Crippen molar-refractivity contribution in [1.29, 1.82) is 0 Å². The number of carbonyl (C=O) groups is 1. The van der Waals surface area contributed by atoms with E-state index < -0.39 is 36.7 Å². The van der Waals surface area contributed by atoms with E-state index >= 15 is 0 Å². The summed E-state index contributed by atoms with van der Waals surface area (Å²) in [7, 11) is 0. The van der Waals surface area contributed by atoms with Crippen molar-refractivity contribution >= 4 is 5.97 Å². The molecule has 0 aromatic heterocycles. The molecule has 1 aliphatic carbocycles. The zero-order chi connectivity index (χ0) is 26.8. The van der Waals surface area contributed by atoms with Gasteiger partial charge < -0.3 is 34.6 Å². The number of piperidine rings is 1. The van der Waals surface area contributed by atoms with Gasteiger partial charge in [0.1, 0.15) is 24.9 Å². The lowest BCUT2D eigenvalue weighted by atomic mass is 9.75. The van der Waals surface area contributed by atoms with Crippen LogP contribution in [0, 0.1) is 5.92 Å². The minimum atomic E-state index is -1.78. The standard InChI is InChI=1S/C29H37NO8/c1-2-12-30-13-6-9-19-14-20-18(15-21(19)30)10-11-22(36-16-17-7-4-3-5-8-17)26(20)37-29-25(33)23(31)24(32)27(38-29)28(34)35/h3-5,7-8,10-11,19,21,23-25,27,29,31-33H,2,6,9,12-16H2,1H3,(H,34,35)/t19-,21-,23+,24+,25-,27?,29-/m1/s1. The average Bonchev–Trinajstić information content (AvgIpc) is 2.92. The third-order valence-corrected chi connectivity index (χ3v) is 8.05. The van der Waals surface area contributed by atoms with Gasteiger partial charge in [0.15, 0.2) is 17.6 Å². The Bertz CT molecular complexity index is 1110. The molecule has 2 aromatic carbocycles. The minimum Gasteiger partial charge on any atom is -0.485 e. The van der Waals surface area contributed by atoms with Gasteiger partial charge in [0.05, 0.1) is 0 Å². The fourth-order valence-corrected chi connectivity index (χ4v) is 6.10. The van der Waals surface area contributed by atoms with E-state index in [4.69, 9.17) is 14.2 Å².